The molecule has 0 radical (unpaired) electrons. The van der Waals surface area contributed by atoms with Gasteiger partial charge in [0.2, 0.25) is 0 Å². The molecule has 100 valence electrons. The van der Waals surface area contributed by atoms with E-state index in [9.17, 15) is 4.79 Å². The summed E-state index contributed by atoms with van der Waals surface area (Å²) >= 11 is 0. The number of unbranched alkanes of at least 4 members (excludes halogenated alkanes) is 2. The molecule has 1 rings (SSSR count). The average molecular weight is 248 g/mol. The van der Waals surface area contributed by atoms with E-state index in [1.807, 2.05) is 0 Å². The third kappa shape index (κ3) is 7.29. The summed E-state index contributed by atoms with van der Waals surface area (Å²) in [5.41, 5.74) is 0. The first-order chi connectivity index (χ1) is 8.74. The van der Waals surface area contributed by atoms with E-state index in [2.05, 4.69) is 11.8 Å². The summed E-state index contributed by atoms with van der Waals surface area (Å²) in [5, 5.41) is 8.68. The lowest BCUT2D eigenvalue weighted by Gasteiger charge is -1.98. The Morgan fingerprint density at radius 2 is 2.06 bits per heavy atom. The van der Waals surface area contributed by atoms with Crippen LogP contribution in [-0.4, -0.2) is 17.5 Å². The molecule has 0 aromatic rings. The molecule has 1 aliphatic rings. The predicted octanol–water partition coefficient (Wildman–Crippen LogP) is 3.10. The largest absolute Gasteiger partial charge is 0.396 e. The highest BCUT2D eigenvalue weighted by Crippen LogP contribution is 2.45. The number of allylic oxidation sites excluding steroid dienone is 2. The monoisotopic (exact) mass is 248 g/mol. The van der Waals surface area contributed by atoms with Gasteiger partial charge in [-0.3, -0.25) is 4.79 Å². The van der Waals surface area contributed by atoms with Crippen molar-refractivity contribution in [2.24, 2.45) is 11.8 Å². The van der Waals surface area contributed by atoms with E-state index in [4.69, 9.17) is 5.11 Å². The summed E-state index contributed by atoms with van der Waals surface area (Å²) in [6.07, 6.45) is 11.4. The van der Waals surface area contributed by atoms with Crippen LogP contribution in [0.15, 0.2) is 12.2 Å². The Morgan fingerprint density at radius 3 is 2.78 bits per heavy atom. The van der Waals surface area contributed by atoms with Crippen LogP contribution >= 0.6 is 0 Å². The Balaban J connectivity index is 1.97. The van der Waals surface area contributed by atoms with Gasteiger partial charge in [-0.2, -0.15) is 0 Å². The molecule has 1 aliphatic carbocycles. The van der Waals surface area contributed by atoms with Crippen molar-refractivity contribution in [1.29, 1.82) is 0 Å². The van der Waals surface area contributed by atoms with Gasteiger partial charge in [0, 0.05) is 13.0 Å². The molecular formula is C16H24O2. The van der Waals surface area contributed by atoms with Crippen molar-refractivity contribution >= 4 is 5.78 Å². The maximum atomic E-state index is 10.6. The van der Waals surface area contributed by atoms with Gasteiger partial charge in [0.15, 0.2) is 5.78 Å². The van der Waals surface area contributed by atoms with Gasteiger partial charge < -0.3 is 5.11 Å². The number of rotatable bonds is 8. The second kappa shape index (κ2) is 8.94. The van der Waals surface area contributed by atoms with E-state index in [0.717, 1.165) is 31.1 Å². The predicted molar refractivity (Wildman–Crippen MR) is 74.0 cm³/mol. The lowest BCUT2D eigenvalue weighted by molar-refractivity contribution is -0.112. The molecule has 0 aromatic carbocycles. The molecule has 0 unspecified atom stereocenters. The fourth-order valence-corrected chi connectivity index (χ4v) is 2.26. The third-order valence-electron chi connectivity index (χ3n) is 3.45. The van der Waals surface area contributed by atoms with Crippen molar-refractivity contribution < 1.29 is 9.90 Å². The number of carbonyl (C=O) groups excluding carboxylic acids is 1. The number of ketones is 1. The fraction of sp³-hybridized carbons (Fsp3) is 0.688. The second-order valence-corrected chi connectivity index (χ2v) is 5.13. The lowest BCUT2D eigenvalue weighted by Crippen LogP contribution is -1.87. The fourth-order valence-electron chi connectivity index (χ4n) is 2.26. The molecule has 0 aromatic heterocycles. The van der Waals surface area contributed by atoms with E-state index in [-0.39, 0.29) is 5.78 Å². The molecule has 2 heteroatoms. The first-order valence-corrected chi connectivity index (χ1v) is 7.00. The van der Waals surface area contributed by atoms with Gasteiger partial charge in [0.1, 0.15) is 0 Å². The van der Waals surface area contributed by atoms with Gasteiger partial charge in [0.25, 0.3) is 0 Å². The van der Waals surface area contributed by atoms with Crippen molar-refractivity contribution in [2.45, 2.75) is 51.9 Å². The van der Waals surface area contributed by atoms with Gasteiger partial charge in [-0.25, -0.2) is 0 Å². The van der Waals surface area contributed by atoms with E-state index >= 15 is 0 Å². The molecule has 0 bridgehead atoms. The van der Waals surface area contributed by atoms with Crippen LogP contribution in [0.4, 0.5) is 0 Å². The second-order valence-electron chi connectivity index (χ2n) is 5.13. The minimum atomic E-state index is 0.0504. The van der Waals surface area contributed by atoms with Crippen LogP contribution in [0.5, 0.6) is 0 Å². The first kappa shape index (κ1) is 15.0. The first-order valence-electron chi connectivity index (χ1n) is 7.00. The normalized spacial score (nSPS) is 21.7. The smallest absolute Gasteiger partial charge is 0.153 e. The van der Waals surface area contributed by atoms with Crippen LogP contribution in [0.2, 0.25) is 0 Å². The zero-order chi connectivity index (χ0) is 13.2. The number of aliphatic hydroxyl groups is 1. The van der Waals surface area contributed by atoms with Crippen LogP contribution in [0.25, 0.3) is 0 Å². The number of carbonyl (C=O) groups is 1. The number of aliphatic hydroxyl groups excluding tert-OH is 1. The van der Waals surface area contributed by atoms with Crippen molar-refractivity contribution in [3.05, 3.63) is 12.2 Å². The standard InChI is InChI=1S/C16H24O2/c1-14(18)9-5-2-3-6-10-15-13-16(15)11-7-4-8-12-17/h5,9,15-17H,4,6-8,10-13H2,1H3/b9-5+/t15-,16-/m1/s1. The van der Waals surface area contributed by atoms with E-state index in [0.29, 0.717) is 6.61 Å². The summed E-state index contributed by atoms with van der Waals surface area (Å²) in [5.74, 6) is 7.83. The molecule has 0 saturated heterocycles. The number of hydrogen-bond acceptors (Lipinski definition) is 2. The summed E-state index contributed by atoms with van der Waals surface area (Å²) in [6, 6.07) is 0. The lowest BCUT2D eigenvalue weighted by atomic mass is 10.1. The van der Waals surface area contributed by atoms with E-state index in [1.165, 1.54) is 38.7 Å². The van der Waals surface area contributed by atoms with Crippen LogP contribution in [-0.2, 0) is 4.79 Å². The molecule has 1 fully saturated rings. The van der Waals surface area contributed by atoms with Gasteiger partial charge >= 0.3 is 0 Å². The summed E-state index contributed by atoms with van der Waals surface area (Å²) < 4.78 is 0. The van der Waals surface area contributed by atoms with Gasteiger partial charge in [-0.15, -0.1) is 0 Å². The van der Waals surface area contributed by atoms with Crippen LogP contribution in [0.3, 0.4) is 0 Å². The third-order valence-corrected chi connectivity index (χ3v) is 3.45. The van der Waals surface area contributed by atoms with Gasteiger partial charge in [-0.1, -0.05) is 31.1 Å². The van der Waals surface area contributed by atoms with Crippen molar-refractivity contribution in [3.63, 3.8) is 0 Å². The maximum Gasteiger partial charge on any atom is 0.153 e. The minimum Gasteiger partial charge on any atom is -0.396 e. The topological polar surface area (TPSA) is 37.3 Å². The van der Waals surface area contributed by atoms with Crippen molar-refractivity contribution in [2.75, 3.05) is 6.61 Å². The number of hydrogen-bond donors (Lipinski definition) is 1. The molecule has 18 heavy (non-hydrogen) atoms. The van der Waals surface area contributed by atoms with Gasteiger partial charge in [0.05, 0.1) is 0 Å². The quantitative estimate of drug-likeness (QED) is 0.407. The molecule has 0 spiro atoms. The molecule has 0 heterocycles. The highest BCUT2D eigenvalue weighted by molar-refractivity contribution is 5.87. The molecule has 2 nitrogen and oxygen atoms in total. The van der Waals surface area contributed by atoms with Crippen LogP contribution in [0.1, 0.15) is 51.9 Å². The highest BCUT2D eigenvalue weighted by Gasteiger charge is 2.34. The Kier molecular flexibility index (Phi) is 7.44. The highest BCUT2D eigenvalue weighted by atomic mass is 16.2. The van der Waals surface area contributed by atoms with Gasteiger partial charge in [-0.05, 0) is 50.2 Å². The van der Waals surface area contributed by atoms with Crippen LogP contribution < -0.4 is 0 Å². The maximum absolute atomic E-state index is 10.6. The SMILES string of the molecule is CC(=O)/C=C/C#CCC[C@@H]1C[C@H]1CCCCCO. The van der Waals surface area contributed by atoms with Crippen molar-refractivity contribution in [3.8, 4) is 11.8 Å². The summed E-state index contributed by atoms with van der Waals surface area (Å²) in [7, 11) is 0. The summed E-state index contributed by atoms with van der Waals surface area (Å²) in [6.45, 7) is 1.86. The van der Waals surface area contributed by atoms with E-state index in [1.54, 1.807) is 6.08 Å². The zero-order valence-corrected chi connectivity index (χ0v) is 11.3. The van der Waals surface area contributed by atoms with E-state index < -0.39 is 0 Å². The molecule has 0 aliphatic heterocycles. The average Bonchev–Trinajstić information content (AvgIpc) is 3.07. The van der Waals surface area contributed by atoms with Crippen molar-refractivity contribution in [1.82, 2.24) is 0 Å². The Bertz CT molecular complexity index is 333. The Labute approximate surface area is 110 Å². The molecule has 2 atom stereocenters. The Morgan fingerprint density at radius 1 is 1.28 bits per heavy atom. The molecule has 1 N–H and O–H groups in total. The van der Waals surface area contributed by atoms with Crippen LogP contribution in [0, 0.1) is 23.7 Å². The minimum absolute atomic E-state index is 0.0504. The molecule has 0 amide bonds. The molecular weight excluding hydrogens is 224 g/mol. The summed E-state index contributed by atoms with van der Waals surface area (Å²) in [4.78, 5) is 10.6. The Hall–Kier alpha value is -1.07. The molecule has 1 saturated carbocycles. The zero-order valence-electron chi connectivity index (χ0n) is 11.3.